The molecule has 2 N–H and O–H groups in total. The highest BCUT2D eigenvalue weighted by Crippen LogP contribution is 2.34. The van der Waals surface area contributed by atoms with Gasteiger partial charge in [-0.15, -0.1) is 0 Å². The van der Waals surface area contributed by atoms with Crippen LogP contribution in [0.5, 0.6) is 11.5 Å². The summed E-state index contributed by atoms with van der Waals surface area (Å²) in [6, 6.07) is 3.87. The minimum atomic E-state index is 0.582. The third kappa shape index (κ3) is 4.51. The molecular weight excluding hydrogens is 268 g/mol. The normalized spacial score (nSPS) is 14.0. The Morgan fingerprint density at radius 3 is 2.52 bits per heavy atom. The first-order valence-corrected chi connectivity index (χ1v) is 7.49. The van der Waals surface area contributed by atoms with Crippen LogP contribution in [-0.2, 0) is 11.3 Å². The van der Waals surface area contributed by atoms with E-state index in [0.29, 0.717) is 19.1 Å². The van der Waals surface area contributed by atoms with Crippen molar-refractivity contribution in [3.63, 3.8) is 0 Å². The fourth-order valence-corrected chi connectivity index (χ4v) is 2.50. The number of nitrogens with two attached hydrogens (primary N) is 1. The number of benzene rings is 1. The standard InChI is InChI=1S/C16H26N2O3/c1-12(2)10-18(4-5-19-3)11-13-8-15-16(9-14(13)17)21-7-6-20-15/h8-9,12H,4-7,10-11,17H2,1-3H3. The monoisotopic (exact) mass is 294 g/mol. The van der Waals surface area contributed by atoms with Crippen molar-refractivity contribution in [1.82, 2.24) is 4.90 Å². The summed E-state index contributed by atoms with van der Waals surface area (Å²) in [6.45, 7) is 9.02. The Morgan fingerprint density at radius 2 is 1.90 bits per heavy atom. The van der Waals surface area contributed by atoms with Gasteiger partial charge in [0, 0.05) is 38.5 Å². The van der Waals surface area contributed by atoms with Gasteiger partial charge in [-0.1, -0.05) is 13.8 Å². The van der Waals surface area contributed by atoms with E-state index in [4.69, 9.17) is 19.9 Å². The van der Waals surface area contributed by atoms with Gasteiger partial charge < -0.3 is 19.9 Å². The number of nitrogen functional groups attached to an aromatic ring is 1. The van der Waals surface area contributed by atoms with E-state index >= 15 is 0 Å². The van der Waals surface area contributed by atoms with Crippen molar-refractivity contribution in [1.29, 1.82) is 0 Å². The molecule has 2 rings (SSSR count). The molecule has 1 aromatic rings. The molecule has 0 aromatic heterocycles. The summed E-state index contributed by atoms with van der Waals surface area (Å²) in [7, 11) is 1.73. The molecule has 0 spiro atoms. The smallest absolute Gasteiger partial charge is 0.163 e. The van der Waals surface area contributed by atoms with Crippen LogP contribution in [-0.4, -0.2) is 44.9 Å². The van der Waals surface area contributed by atoms with Gasteiger partial charge in [-0.25, -0.2) is 0 Å². The summed E-state index contributed by atoms with van der Waals surface area (Å²) in [5.74, 6) is 2.14. The minimum absolute atomic E-state index is 0.582. The van der Waals surface area contributed by atoms with Crippen LogP contribution in [0.1, 0.15) is 19.4 Å². The Kier molecular flexibility index (Phi) is 5.70. The maximum absolute atomic E-state index is 6.16. The van der Waals surface area contributed by atoms with Crippen molar-refractivity contribution in [3.8, 4) is 11.5 Å². The fourth-order valence-electron chi connectivity index (χ4n) is 2.50. The van der Waals surface area contributed by atoms with Gasteiger partial charge in [0.2, 0.25) is 0 Å². The number of anilines is 1. The zero-order valence-electron chi connectivity index (χ0n) is 13.2. The lowest BCUT2D eigenvalue weighted by Gasteiger charge is -2.26. The third-order valence-electron chi connectivity index (χ3n) is 3.43. The quantitative estimate of drug-likeness (QED) is 0.781. The van der Waals surface area contributed by atoms with Gasteiger partial charge in [0.1, 0.15) is 13.2 Å². The molecule has 118 valence electrons. The molecule has 0 saturated carbocycles. The van der Waals surface area contributed by atoms with Gasteiger partial charge in [-0.05, 0) is 17.5 Å². The number of fused-ring (bicyclic) bond motifs is 1. The molecule has 1 aliphatic heterocycles. The maximum Gasteiger partial charge on any atom is 0.163 e. The Bertz CT molecular complexity index is 463. The van der Waals surface area contributed by atoms with E-state index < -0.39 is 0 Å². The summed E-state index contributed by atoms with van der Waals surface area (Å²) in [6.07, 6.45) is 0. The van der Waals surface area contributed by atoms with Crippen LogP contribution in [0.4, 0.5) is 5.69 Å². The van der Waals surface area contributed by atoms with Crippen LogP contribution in [0, 0.1) is 5.92 Å². The van der Waals surface area contributed by atoms with Crippen LogP contribution in [0.2, 0.25) is 0 Å². The zero-order chi connectivity index (χ0) is 15.2. The Labute approximate surface area is 127 Å². The van der Waals surface area contributed by atoms with Gasteiger partial charge in [0.25, 0.3) is 0 Å². The van der Waals surface area contributed by atoms with Crippen LogP contribution < -0.4 is 15.2 Å². The van der Waals surface area contributed by atoms with E-state index in [-0.39, 0.29) is 0 Å². The van der Waals surface area contributed by atoms with Crippen LogP contribution in [0.15, 0.2) is 12.1 Å². The second kappa shape index (κ2) is 7.52. The largest absolute Gasteiger partial charge is 0.486 e. The molecule has 0 fully saturated rings. The molecule has 0 bridgehead atoms. The molecule has 1 aliphatic rings. The predicted molar refractivity (Wildman–Crippen MR) is 83.8 cm³/mol. The Balaban J connectivity index is 2.11. The van der Waals surface area contributed by atoms with Crippen LogP contribution >= 0.6 is 0 Å². The number of rotatable bonds is 7. The minimum Gasteiger partial charge on any atom is -0.486 e. The fraction of sp³-hybridized carbons (Fsp3) is 0.625. The summed E-state index contributed by atoms with van der Waals surface area (Å²) < 4.78 is 16.4. The first-order chi connectivity index (χ1) is 10.1. The molecule has 0 unspecified atom stereocenters. The van der Waals surface area contributed by atoms with Gasteiger partial charge in [-0.3, -0.25) is 4.90 Å². The predicted octanol–water partition coefficient (Wildman–Crippen LogP) is 2.14. The van der Waals surface area contributed by atoms with Gasteiger partial charge in [0.05, 0.1) is 6.61 Å². The van der Waals surface area contributed by atoms with E-state index in [9.17, 15) is 0 Å². The number of nitrogens with zero attached hydrogens (tertiary/aromatic N) is 1. The van der Waals surface area contributed by atoms with Crippen molar-refractivity contribution in [3.05, 3.63) is 17.7 Å². The summed E-state index contributed by atoms with van der Waals surface area (Å²) in [5.41, 5.74) is 7.99. The maximum atomic E-state index is 6.16. The lowest BCUT2D eigenvalue weighted by molar-refractivity contribution is 0.136. The second-order valence-electron chi connectivity index (χ2n) is 5.82. The summed E-state index contributed by atoms with van der Waals surface area (Å²) in [4.78, 5) is 2.36. The van der Waals surface area contributed by atoms with E-state index in [1.54, 1.807) is 7.11 Å². The van der Waals surface area contributed by atoms with Crippen molar-refractivity contribution in [2.45, 2.75) is 20.4 Å². The second-order valence-corrected chi connectivity index (χ2v) is 5.82. The van der Waals surface area contributed by atoms with Gasteiger partial charge >= 0.3 is 0 Å². The van der Waals surface area contributed by atoms with Crippen molar-refractivity contribution in [2.24, 2.45) is 5.92 Å². The van der Waals surface area contributed by atoms with E-state index in [1.165, 1.54) is 0 Å². The molecule has 0 radical (unpaired) electrons. The van der Waals surface area contributed by atoms with Gasteiger partial charge in [-0.2, -0.15) is 0 Å². The van der Waals surface area contributed by atoms with Crippen LogP contribution in [0.3, 0.4) is 0 Å². The molecule has 0 amide bonds. The molecule has 5 heteroatoms. The Hall–Kier alpha value is -1.46. The molecule has 1 heterocycles. The first kappa shape index (κ1) is 15.9. The molecule has 21 heavy (non-hydrogen) atoms. The first-order valence-electron chi connectivity index (χ1n) is 7.49. The van der Waals surface area contributed by atoms with Crippen molar-refractivity contribution < 1.29 is 14.2 Å². The Morgan fingerprint density at radius 1 is 1.24 bits per heavy atom. The average molecular weight is 294 g/mol. The number of hydrogen-bond acceptors (Lipinski definition) is 5. The highest BCUT2D eigenvalue weighted by molar-refractivity contribution is 5.58. The molecule has 0 atom stereocenters. The highest BCUT2D eigenvalue weighted by Gasteiger charge is 2.16. The van der Waals surface area contributed by atoms with Crippen LogP contribution in [0.25, 0.3) is 0 Å². The van der Waals surface area contributed by atoms with E-state index in [2.05, 4.69) is 18.7 Å². The van der Waals surface area contributed by atoms with E-state index in [1.807, 2.05) is 12.1 Å². The summed E-state index contributed by atoms with van der Waals surface area (Å²) >= 11 is 0. The third-order valence-corrected chi connectivity index (χ3v) is 3.43. The lowest BCUT2D eigenvalue weighted by Crippen LogP contribution is -2.31. The molecule has 0 saturated heterocycles. The molecule has 1 aromatic carbocycles. The van der Waals surface area contributed by atoms with E-state index in [0.717, 1.165) is 49.0 Å². The molecular formula is C16H26N2O3. The van der Waals surface area contributed by atoms with Crippen molar-refractivity contribution in [2.75, 3.05) is 45.8 Å². The number of hydrogen-bond donors (Lipinski definition) is 1. The summed E-state index contributed by atoms with van der Waals surface area (Å²) in [5, 5.41) is 0. The zero-order valence-corrected chi connectivity index (χ0v) is 13.2. The molecule has 0 aliphatic carbocycles. The number of ether oxygens (including phenoxy) is 3. The average Bonchev–Trinajstić information content (AvgIpc) is 2.45. The molecule has 5 nitrogen and oxygen atoms in total. The lowest BCUT2D eigenvalue weighted by atomic mass is 10.1. The topological polar surface area (TPSA) is 57.0 Å². The SMILES string of the molecule is COCCN(Cc1cc2c(cc1N)OCCO2)CC(C)C. The number of methoxy groups -OCH3 is 1. The van der Waals surface area contributed by atoms with Crippen molar-refractivity contribution >= 4 is 5.69 Å². The van der Waals surface area contributed by atoms with Gasteiger partial charge in [0.15, 0.2) is 11.5 Å². The highest BCUT2D eigenvalue weighted by atomic mass is 16.6.